The van der Waals surface area contributed by atoms with Crippen molar-refractivity contribution >= 4 is 11.7 Å². The SMILES string of the molecule is CC(N)c1cccc(NC(=O)N2CC(C)C(C)C2)c1. The van der Waals surface area contributed by atoms with Crippen LogP contribution in [0.15, 0.2) is 24.3 Å². The Labute approximate surface area is 115 Å². The second-order valence-electron chi connectivity index (χ2n) is 5.70. The van der Waals surface area contributed by atoms with Crippen molar-refractivity contribution in [3.8, 4) is 0 Å². The maximum atomic E-state index is 12.2. The predicted octanol–water partition coefficient (Wildman–Crippen LogP) is 2.83. The number of nitrogens with two attached hydrogens (primary N) is 1. The summed E-state index contributed by atoms with van der Waals surface area (Å²) in [5.41, 5.74) is 7.69. The quantitative estimate of drug-likeness (QED) is 0.860. The van der Waals surface area contributed by atoms with Crippen LogP contribution in [0.3, 0.4) is 0 Å². The highest BCUT2D eigenvalue weighted by atomic mass is 16.2. The number of urea groups is 1. The Bertz CT molecular complexity index is 448. The maximum absolute atomic E-state index is 12.2. The minimum absolute atomic E-state index is 0.0157. The van der Waals surface area contributed by atoms with Gasteiger partial charge in [-0.25, -0.2) is 4.79 Å². The Balaban J connectivity index is 2.01. The van der Waals surface area contributed by atoms with Gasteiger partial charge in [0.05, 0.1) is 0 Å². The molecule has 3 N–H and O–H groups in total. The molecule has 1 aromatic carbocycles. The lowest BCUT2D eigenvalue weighted by Crippen LogP contribution is -2.33. The van der Waals surface area contributed by atoms with Crippen LogP contribution >= 0.6 is 0 Å². The molecule has 0 bridgehead atoms. The van der Waals surface area contributed by atoms with E-state index in [9.17, 15) is 4.79 Å². The second-order valence-corrected chi connectivity index (χ2v) is 5.70. The molecule has 3 unspecified atom stereocenters. The van der Waals surface area contributed by atoms with E-state index in [0.717, 1.165) is 24.3 Å². The molecule has 1 aliphatic rings. The maximum Gasteiger partial charge on any atom is 0.321 e. The summed E-state index contributed by atoms with van der Waals surface area (Å²) in [4.78, 5) is 14.1. The summed E-state index contributed by atoms with van der Waals surface area (Å²) >= 11 is 0. The highest BCUT2D eigenvalue weighted by Crippen LogP contribution is 2.23. The monoisotopic (exact) mass is 261 g/mol. The van der Waals surface area contributed by atoms with Crippen LogP contribution in [0, 0.1) is 11.8 Å². The van der Waals surface area contributed by atoms with E-state index in [1.165, 1.54) is 0 Å². The Morgan fingerprint density at radius 1 is 1.37 bits per heavy atom. The molecular weight excluding hydrogens is 238 g/mol. The van der Waals surface area contributed by atoms with Crippen molar-refractivity contribution in [1.82, 2.24) is 4.90 Å². The summed E-state index contributed by atoms with van der Waals surface area (Å²) in [6.45, 7) is 7.98. The Kier molecular flexibility index (Phi) is 4.10. The number of anilines is 1. The molecule has 104 valence electrons. The molecule has 2 amide bonds. The van der Waals surface area contributed by atoms with Gasteiger partial charge in [-0.1, -0.05) is 26.0 Å². The van der Waals surface area contributed by atoms with Crippen molar-refractivity contribution in [3.63, 3.8) is 0 Å². The van der Waals surface area contributed by atoms with Crippen LogP contribution in [-0.4, -0.2) is 24.0 Å². The molecule has 1 aliphatic heterocycles. The Morgan fingerprint density at radius 3 is 2.58 bits per heavy atom. The number of carbonyl (C=O) groups is 1. The molecule has 0 aliphatic carbocycles. The number of likely N-dealkylation sites (tertiary alicyclic amines) is 1. The molecule has 4 nitrogen and oxygen atoms in total. The van der Waals surface area contributed by atoms with E-state index in [-0.39, 0.29) is 12.1 Å². The minimum Gasteiger partial charge on any atom is -0.324 e. The number of nitrogens with one attached hydrogen (secondary N) is 1. The second kappa shape index (κ2) is 5.61. The molecule has 1 heterocycles. The number of rotatable bonds is 2. The molecule has 1 saturated heterocycles. The van der Waals surface area contributed by atoms with Crippen LogP contribution in [0.4, 0.5) is 10.5 Å². The van der Waals surface area contributed by atoms with E-state index in [1.54, 1.807) is 0 Å². The van der Waals surface area contributed by atoms with E-state index in [4.69, 9.17) is 5.73 Å². The van der Waals surface area contributed by atoms with E-state index in [1.807, 2.05) is 36.1 Å². The first-order valence-electron chi connectivity index (χ1n) is 6.89. The fourth-order valence-electron chi connectivity index (χ4n) is 2.40. The predicted molar refractivity (Wildman–Crippen MR) is 78.0 cm³/mol. The standard InChI is InChI=1S/C15H23N3O/c1-10-8-18(9-11(10)2)15(19)17-14-6-4-5-13(7-14)12(3)16/h4-7,10-12H,8-9,16H2,1-3H3,(H,17,19). The summed E-state index contributed by atoms with van der Waals surface area (Å²) < 4.78 is 0. The minimum atomic E-state index is -0.0244. The number of carbonyl (C=O) groups excluding carboxylic acids is 1. The first-order valence-corrected chi connectivity index (χ1v) is 6.89. The van der Waals surface area contributed by atoms with E-state index in [2.05, 4.69) is 19.2 Å². The summed E-state index contributed by atoms with van der Waals surface area (Å²) in [7, 11) is 0. The van der Waals surface area contributed by atoms with E-state index in [0.29, 0.717) is 11.8 Å². The summed E-state index contributed by atoms with van der Waals surface area (Å²) in [6.07, 6.45) is 0. The largest absolute Gasteiger partial charge is 0.324 e. The molecule has 3 atom stereocenters. The van der Waals surface area contributed by atoms with Crippen molar-refractivity contribution in [1.29, 1.82) is 0 Å². The van der Waals surface area contributed by atoms with Crippen molar-refractivity contribution < 1.29 is 4.79 Å². The molecule has 0 spiro atoms. The highest BCUT2D eigenvalue weighted by Gasteiger charge is 2.29. The van der Waals surface area contributed by atoms with Crippen LogP contribution in [0.25, 0.3) is 0 Å². The third kappa shape index (κ3) is 3.26. The van der Waals surface area contributed by atoms with Crippen LogP contribution in [0.2, 0.25) is 0 Å². The van der Waals surface area contributed by atoms with Crippen molar-refractivity contribution in [2.45, 2.75) is 26.8 Å². The molecule has 2 rings (SSSR count). The number of nitrogens with zero attached hydrogens (tertiary/aromatic N) is 1. The van der Waals surface area contributed by atoms with Crippen molar-refractivity contribution in [2.24, 2.45) is 17.6 Å². The van der Waals surface area contributed by atoms with Crippen molar-refractivity contribution in [2.75, 3.05) is 18.4 Å². The number of hydrogen-bond donors (Lipinski definition) is 2. The lowest BCUT2D eigenvalue weighted by molar-refractivity contribution is 0.220. The Morgan fingerprint density at radius 2 is 2.00 bits per heavy atom. The van der Waals surface area contributed by atoms with Gasteiger partial charge in [0.2, 0.25) is 0 Å². The van der Waals surface area contributed by atoms with Crippen molar-refractivity contribution in [3.05, 3.63) is 29.8 Å². The van der Waals surface area contributed by atoms with Crippen LogP contribution in [-0.2, 0) is 0 Å². The fraction of sp³-hybridized carbons (Fsp3) is 0.533. The Hall–Kier alpha value is -1.55. The van der Waals surface area contributed by atoms with Gasteiger partial charge < -0.3 is 16.0 Å². The average Bonchev–Trinajstić information content (AvgIpc) is 2.70. The lowest BCUT2D eigenvalue weighted by Gasteiger charge is -2.17. The summed E-state index contributed by atoms with van der Waals surface area (Å²) in [5, 5.41) is 2.95. The van der Waals surface area contributed by atoms with Gasteiger partial charge in [0.1, 0.15) is 0 Å². The van der Waals surface area contributed by atoms with E-state index >= 15 is 0 Å². The van der Waals surface area contributed by atoms with Gasteiger partial charge in [0.25, 0.3) is 0 Å². The highest BCUT2D eigenvalue weighted by molar-refractivity contribution is 5.89. The van der Waals surface area contributed by atoms with Gasteiger partial charge in [-0.15, -0.1) is 0 Å². The van der Waals surface area contributed by atoms with E-state index < -0.39 is 0 Å². The molecule has 0 aromatic heterocycles. The topological polar surface area (TPSA) is 58.4 Å². The zero-order chi connectivity index (χ0) is 14.0. The van der Waals surface area contributed by atoms with Gasteiger partial charge in [-0.3, -0.25) is 0 Å². The first-order chi connectivity index (χ1) is 8.97. The molecule has 19 heavy (non-hydrogen) atoms. The first kappa shape index (κ1) is 13.9. The van der Waals surface area contributed by atoms with Crippen LogP contribution in [0.1, 0.15) is 32.4 Å². The third-order valence-electron chi connectivity index (χ3n) is 3.94. The molecular formula is C15H23N3O. The molecule has 1 aromatic rings. The molecule has 4 heteroatoms. The number of hydrogen-bond acceptors (Lipinski definition) is 2. The number of benzene rings is 1. The summed E-state index contributed by atoms with van der Waals surface area (Å²) in [5.74, 6) is 1.14. The third-order valence-corrected chi connectivity index (χ3v) is 3.94. The van der Waals surface area contributed by atoms with Gasteiger partial charge >= 0.3 is 6.03 Å². The van der Waals surface area contributed by atoms with Crippen LogP contribution < -0.4 is 11.1 Å². The molecule has 0 saturated carbocycles. The smallest absolute Gasteiger partial charge is 0.321 e. The fourth-order valence-corrected chi connectivity index (χ4v) is 2.40. The van der Waals surface area contributed by atoms with Crippen LogP contribution in [0.5, 0.6) is 0 Å². The lowest BCUT2D eigenvalue weighted by atomic mass is 10.0. The zero-order valence-corrected chi connectivity index (χ0v) is 11.9. The van der Waals surface area contributed by atoms with Gasteiger partial charge in [-0.2, -0.15) is 0 Å². The normalized spacial score (nSPS) is 24.3. The molecule has 1 fully saturated rings. The average molecular weight is 261 g/mol. The van der Waals surface area contributed by atoms with Gasteiger partial charge in [0.15, 0.2) is 0 Å². The molecule has 0 radical (unpaired) electrons. The van der Waals surface area contributed by atoms with Gasteiger partial charge in [-0.05, 0) is 36.5 Å². The number of amides is 2. The summed E-state index contributed by atoms with van der Waals surface area (Å²) in [6, 6.07) is 7.68. The van der Waals surface area contributed by atoms with Gasteiger partial charge in [0, 0.05) is 24.8 Å². The zero-order valence-electron chi connectivity index (χ0n) is 11.9.